The topological polar surface area (TPSA) is 81.3 Å². The van der Waals surface area contributed by atoms with Crippen molar-refractivity contribution in [1.82, 2.24) is 14.9 Å². The summed E-state index contributed by atoms with van der Waals surface area (Å²) in [4.78, 5) is 22.0. The summed E-state index contributed by atoms with van der Waals surface area (Å²) >= 11 is 0. The molecule has 1 heterocycles. The number of aromatic nitrogens is 2. The fourth-order valence-corrected chi connectivity index (χ4v) is 2.21. The first-order valence-corrected chi connectivity index (χ1v) is 7.00. The molecule has 0 fully saturated rings. The van der Waals surface area contributed by atoms with E-state index in [1.165, 1.54) is 12.4 Å². The Morgan fingerprint density at radius 2 is 2.00 bits per heavy atom. The van der Waals surface area contributed by atoms with E-state index in [1.54, 1.807) is 19.1 Å². The largest absolute Gasteiger partial charge is 0.496 e. The number of benzene rings is 1. The van der Waals surface area contributed by atoms with Crippen LogP contribution in [0.15, 0.2) is 36.7 Å². The molecule has 2 aromatic rings. The summed E-state index contributed by atoms with van der Waals surface area (Å²) in [5, 5.41) is 0. The number of nitrogens with zero attached hydrogens (tertiary/aromatic N) is 3. The number of ether oxygens (including phenoxy) is 1. The first-order chi connectivity index (χ1) is 10.5. The molecule has 1 atom stereocenters. The van der Waals surface area contributed by atoms with Crippen LogP contribution in [0.25, 0.3) is 0 Å². The van der Waals surface area contributed by atoms with E-state index >= 15 is 0 Å². The smallest absolute Gasteiger partial charge is 0.276 e. The van der Waals surface area contributed by atoms with Crippen LogP contribution >= 0.6 is 0 Å². The van der Waals surface area contributed by atoms with Gasteiger partial charge in [-0.05, 0) is 25.0 Å². The second-order valence-corrected chi connectivity index (χ2v) is 5.07. The molecule has 0 aliphatic rings. The number of likely N-dealkylation sites (N-methyl/N-ethyl adjacent to an activating group) is 1. The van der Waals surface area contributed by atoms with Crippen LogP contribution in [0.5, 0.6) is 5.75 Å². The second-order valence-electron chi connectivity index (χ2n) is 5.07. The molecule has 0 bridgehead atoms. The summed E-state index contributed by atoms with van der Waals surface area (Å²) in [6.07, 6.45) is 3.60. The maximum Gasteiger partial charge on any atom is 0.276 e. The molecular formula is C16H20N4O2. The van der Waals surface area contributed by atoms with Gasteiger partial charge in [0.25, 0.3) is 5.91 Å². The number of carbonyl (C=O) groups is 1. The van der Waals surface area contributed by atoms with Crippen LogP contribution < -0.4 is 10.5 Å². The number of hydrogen-bond donors (Lipinski definition) is 1. The van der Waals surface area contributed by atoms with Gasteiger partial charge in [0.15, 0.2) is 11.5 Å². The minimum Gasteiger partial charge on any atom is -0.496 e. The lowest BCUT2D eigenvalue weighted by atomic mass is 10.0. The molecule has 0 spiro atoms. The molecular weight excluding hydrogens is 280 g/mol. The van der Waals surface area contributed by atoms with Crippen molar-refractivity contribution >= 4 is 11.7 Å². The van der Waals surface area contributed by atoms with E-state index in [4.69, 9.17) is 10.5 Å². The van der Waals surface area contributed by atoms with E-state index in [9.17, 15) is 4.79 Å². The molecule has 116 valence electrons. The minimum atomic E-state index is -0.243. The molecule has 0 radical (unpaired) electrons. The Balaban J connectivity index is 2.14. The molecule has 2 rings (SSSR count). The first-order valence-electron chi connectivity index (χ1n) is 7.00. The van der Waals surface area contributed by atoms with Crippen molar-refractivity contribution in [2.75, 3.05) is 19.9 Å². The SMILES string of the molecule is COc1ccccc1C[C@@H](C)N(C)C(=O)c1nccnc1N. The zero-order chi connectivity index (χ0) is 16.1. The third-order valence-electron chi connectivity index (χ3n) is 3.62. The molecule has 1 aromatic heterocycles. The van der Waals surface area contributed by atoms with E-state index in [-0.39, 0.29) is 23.5 Å². The summed E-state index contributed by atoms with van der Waals surface area (Å²) in [5.41, 5.74) is 6.94. The number of methoxy groups -OCH3 is 1. The van der Waals surface area contributed by atoms with E-state index in [0.717, 1.165) is 11.3 Å². The summed E-state index contributed by atoms with van der Waals surface area (Å²) in [6, 6.07) is 7.73. The zero-order valence-corrected chi connectivity index (χ0v) is 13.0. The highest BCUT2D eigenvalue weighted by atomic mass is 16.5. The average Bonchev–Trinajstić information content (AvgIpc) is 2.54. The number of rotatable bonds is 5. The van der Waals surface area contributed by atoms with E-state index in [0.29, 0.717) is 6.42 Å². The van der Waals surface area contributed by atoms with Crippen LogP contribution in [0.2, 0.25) is 0 Å². The fraction of sp³-hybridized carbons (Fsp3) is 0.312. The monoisotopic (exact) mass is 300 g/mol. The molecule has 0 unspecified atom stereocenters. The van der Waals surface area contributed by atoms with Gasteiger partial charge in [-0.25, -0.2) is 9.97 Å². The Bertz CT molecular complexity index is 660. The van der Waals surface area contributed by atoms with Crippen LogP contribution in [0.4, 0.5) is 5.82 Å². The van der Waals surface area contributed by atoms with Crippen molar-refractivity contribution in [2.24, 2.45) is 0 Å². The minimum absolute atomic E-state index is 0.0368. The van der Waals surface area contributed by atoms with Gasteiger partial charge in [-0.15, -0.1) is 0 Å². The molecule has 6 heteroatoms. The van der Waals surface area contributed by atoms with Gasteiger partial charge in [-0.3, -0.25) is 4.79 Å². The van der Waals surface area contributed by atoms with Gasteiger partial charge < -0.3 is 15.4 Å². The maximum absolute atomic E-state index is 12.5. The van der Waals surface area contributed by atoms with Gasteiger partial charge in [0.05, 0.1) is 7.11 Å². The van der Waals surface area contributed by atoms with Gasteiger partial charge >= 0.3 is 0 Å². The number of amides is 1. The predicted octanol–water partition coefficient (Wildman–Crippen LogP) is 1.77. The summed E-state index contributed by atoms with van der Waals surface area (Å²) in [6.45, 7) is 1.97. The van der Waals surface area contributed by atoms with Gasteiger partial charge in [-0.1, -0.05) is 18.2 Å². The molecule has 6 nitrogen and oxygen atoms in total. The second kappa shape index (κ2) is 6.89. The zero-order valence-electron chi connectivity index (χ0n) is 13.0. The van der Waals surface area contributed by atoms with Gasteiger partial charge in [0.1, 0.15) is 5.75 Å². The maximum atomic E-state index is 12.5. The number of nitrogen functional groups attached to an aromatic ring is 1. The van der Waals surface area contributed by atoms with Crippen molar-refractivity contribution in [1.29, 1.82) is 0 Å². The normalized spacial score (nSPS) is 11.8. The molecule has 22 heavy (non-hydrogen) atoms. The summed E-state index contributed by atoms with van der Waals surface area (Å²) in [5.74, 6) is 0.714. The van der Waals surface area contributed by atoms with Gasteiger partial charge in [0, 0.05) is 25.5 Å². The average molecular weight is 300 g/mol. The summed E-state index contributed by atoms with van der Waals surface area (Å²) < 4.78 is 5.34. The van der Waals surface area contributed by atoms with Crippen LogP contribution in [-0.2, 0) is 6.42 Å². The van der Waals surface area contributed by atoms with Crippen molar-refractivity contribution in [3.05, 3.63) is 47.9 Å². The molecule has 0 saturated carbocycles. The van der Waals surface area contributed by atoms with E-state index in [2.05, 4.69) is 9.97 Å². The molecule has 0 aliphatic heterocycles. The number of carbonyl (C=O) groups excluding carboxylic acids is 1. The quantitative estimate of drug-likeness (QED) is 0.910. The number of hydrogen-bond acceptors (Lipinski definition) is 5. The highest BCUT2D eigenvalue weighted by Gasteiger charge is 2.22. The lowest BCUT2D eigenvalue weighted by Crippen LogP contribution is -2.37. The summed E-state index contributed by atoms with van der Waals surface area (Å²) in [7, 11) is 3.37. The molecule has 0 aliphatic carbocycles. The van der Waals surface area contributed by atoms with Crippen molar-refractivity contribution < 1.29 is 9.53 Å². The number of para-hydroxylation sites is 1. The first kappa shape index (κ1) is 15.8. The Morgan fingerprint density at radius 1 is 1.32 bits per heavy atom. The Morgan fingerprint density at radius 3 is 2.68 bits per heavy atom. The van der Waals surface area contributed by atoms with E-state index in [1.807, 2.05) is 31.2 Å². The standard InChI is InChI=1S/C16H20N4O2/c1-11(10-12-6-4-5-7-13(12)22-3)20(2)16(21)14-15(17)19-9-8-18-14/h4-9,11H,10H2,1-3H3,(H2,17,19)/t11-/m1/s1. The third kappa shape index (κ3) is 3.33. The van der Waals surface area contributed by atoms with Crippen LogP contribution in [0, 0.1) is 0 Å². The number of anilines is 1. The fourth-order valence-electron chi connectivity index (χ4n) is 2.21. The Hall–Kier alpha value is -2.63. The van der Waals surface area contributed by atoms with Crippen LogP contribution in [0.1, 0.15) is 23.0 Å². The van der Waals surface area contributed by atoms with Crippen LogP contribution in [0.3, 0.4) is 0 Å². The molecule has 2 N–H and O–H groups in total. The highest BCUT2D eigenvalue weighted by molar-refractivity contribution is 5.96. The van der Waals surface area contributed by atoms with Crippen molar-refractivity contribution in [2.45, 2.75) is 19.4 Å². The lowest BCUT2D eigenvalue weighted by Gasteiger charge is -2.25. The van der Waals surface area contributed by atoms with Gasteiger partial charge in [0.2, 0.25) is 0 Å². The van der Waals surface area contributed by atoms with Crippen molar-refractivity contribution in [3.63, 3.8) is 0 Å². The van der Waals surface area contributed by atoms with Crippen LogP contribution in [-0.4, -0.2) is 41.0 Å². The van der Waals surface area contributed by atoms with Gasteiger partial charge in [-0.2, -0.15) is 0 Å². The Labute approximate surface area is 129 Å². The molecule has 1 aromatic carbocycles. The lowest BCUT2D eigenvalue weighted by molar-refractivity contribution is 0.0738. The predicted molar refractivity (Wildman–Crippen MR) is 84.7 cm³/mol. The number of nitrogens with two attached hydrogens (primary N) is 1. The highest BCUT2D eigenvalue weighted by Crippen LogP contribution is 2.21. The molecule has 0 saturated heterocycles. The molecule has 1 amide bonds. The van der Waals surface area contributed by atoms with E-state index < -0.39 is 0 Å². The van der Waals surface area contributed by atoms with Crippen molar-refractivity contribution in [3.8, 4) is 5.75 Å². The Kier molecular flexibility index (Phi) is 4.93. The third-order valence-corrected chi connectivity index (χ3v) is 3.62.